The SMILES string of the molecule is C=C(C)N1CCN(C(=C)C)C1=O. The third-order valence-corrected chi connectivity index (χ3v) is 1.93. The van der Waals surface area contributed by atoms with Crippen molar-refractivity contribution in [2.75, 3.05) is 13.1 Å². The monoisotopic (exact) mass is 166 g/mol. The minimum Gasteiger partial charge on any atom is -0.297 e. The van der Waals surface area contributed by atoms with Crippen molar-refractivity contribution in [1.29, 1.82) is 0 Å². The maximum absolute atomic E-state index is 11.5. The number of allylic oxidation sites excluding steroid dienone is 2. The van der Waals surface area contributed by atoms with E-state index in [1.54, 1.807) is 9.80 Å². The number of urea groups is 1. The van der Waals surface area contributed by atoms with E-state index in [-0.39, 0.29) is 6.03 Å². The van der Waals surface area contributed by atoms with Crippen LogP contribution in [0.15, 0.2) is 24.6 Å². The van der Waals surface area contributed by atoms with Gasteiger partial charge in [0.2, 0.25) is 0 Å². The minimum absolute atomic E-state index is 0.00463. The zero-order valence-electron chi connectivity index (χ0n) is 7.63. The molecule has 3 heteroatoms. The fourth-order valence-electron chi connectivity index (χ4n) is 1.25. The van der Waals surface area contributed by atoms with Crippen molar-refractivity contribution >= 4 is 6.03 Å². The summed E-state index contributed by atoms with van der Waals surface area (Å²) < 4.78 is 0. The predicted octanol–water partition coefficient (Wildman–Crippen LogP) is 1.79. The zero-order chi connectivity index (χ0) is 9.30. The Bertz CT molecular complexity index is 221. The van der Waals surface area contributed by atoms with Crippen LogP contribution in [-0.2, 0) is 0 Å². The van der Waals surface area contributed by atoms with Crippen LogP contribution in [0.3, 0.4) is 0 Å². The first-order chi connectivity index (χ1) is 5.54. The van der Waals surface area contributed by atoms with Gasteiger partial charge in [0.15, 0.2) is 0 Å². The Kier molecular flexibility index (Phi) is 2.22. The molecule has 0 atom stereocenters. The van der Waals surface area contributed by atoms with Crippen LogP contribution in [0.2, 0.25) is 0 Å². The number of carbonyl (C=O) groups is 1. The van der Waals surface area contributed by atoms with Gasteiger partial charge in [-0.3, -0.25) is 9.80 Å². The van der Waals surface area contributed by atoms with Crippen molar-refractivity contribution in [2.24, 2.45) is 0 Å². The summed E-state index contributed by atoms with van der Waals surface area (Å²) in [4.78, 5) is 14.8. The first-order valence-corrected chi connectivity index (χ1v) is 3.94. The first-order valence-electron chi connectivity index (χ1n) is 3.94. The summed E-state index contributed by atoms with van der Waals surface area (Å²) in [5, 5.41) is 0. The zero-order valence-corrected chi connectivity index (χ0v) is 7.63. The topological polar surface area (TPSA) is 23.6 Å². The van der Waals surface area contributed by atoms with Gasteiger partial charge in [-0.2, -0.15) is 0 Å². The summed E-state index contributed by atoms with van der Waals surface area (Å²) in [5.41, 5.74) is 1.59. The second-order valence-electron chi connectivity index (χ2n) is 3.06. The molecule has 0 N–H and O–H groups in total. The van der Waals surface area contributed by atoms with Crippen LogP contribution in [0, 0.1) is 0 Å². The average Bonchev–Trinajstić information content (AvgIpc) is 2.30. The van der Waals surface area contributed by atoms with E-state index in [1.165, 1.54) is 0 Å². The molecule has 0 aliphatic carbocycles. The highest BCUT2D eigenvalue weighted by Crippen LogP contribution is 2.16. The molecule has 1 rings (SSSR count). The molecule has 0 aromatic heterocycles. The lowest BCUT2D eigenvalue weighted by Gasteiger charge is -2.17. The Morgan fingerprint density at radius 2 is 1.50 bits per heavy atom. The number of amides is 2. The molecule has 0 bridgehead atoms. The summed E-state index contributed by atoms with van der Waals surface area (Å²) in [5.74, 6) is 0. The van der Waals surface area contributed by atoms with E-state index in [9.17, 15) is 4.79 Å². The van der Waals surface area contributed by atoms with Gasteiger partial charge in [-0.1, -0.05) is 13.2 Å². The van der Waals surface area contributed by atoms with Gasteiger partial charge in [-0.25, -0.2) is 4.79 Å². The van der Waals surface area contributed by atoms with E-state index in [1.807, 2.05) is 13.8 Å². The van der Waals surface area contributed by atoms with Gasteiger partial charge in [-0.15, -0.1) is 0 Å². The van der Waals surface area contributed by atoms with Crippen molar-refractivity contribution in [3.8, 4) is 0 Å². The molecule has 2 amide bonds. The highest BCUT2D eigenvalue weighted by atomic mass is 16.2. The average molecular weight is 166 g/mol. The van der Waals surface area contributed by atoms with Crippen LogP contribution >= 0.6 is 0 Å². The molecule has 1 aliphatic heterocycles. The molecule has 66 valence electrons. The molecular weight excluding hydrogens is 152 g/mol. The van der Waals surface area contributed by atoms with E-state index < -0.39 is 0 Å². The van der Waals surface area contributed by atoms with Crippen molar-refractivity contribution < 1.29 is 4.79 Å². The molecule has 12 heavy (non-hydrogen) atoms. The van der Waals surface area contributed by atoms with Gasteiger partial charge in [0, 0.05) is 24.5 Å². The van der Waals surface area contributed by atoms with E-state index in [4.69, 9.17) is 0 Å². The summed E-state index contributed by atoms with van der Waals surface area (Å²) in [7, 11) is 0. The largest absolute Gasteiger partial charge is 0.328 e. The Morgan fingerprint density at radius 3 is 1.67 bits per heavy atom. The van der Waals surface area contributed by atoms with Gasteiger partial charge >= 0.3 is 6.03 Å². The molecule has 0 aromatic rings. The molecular formula is C9H14N2O. The first kappa shape index (κ1) is 8.84. The highest BCUT2D eigenvalue weighted by molar-refractivity contribution is 5.79. The van der Waals surface area contributed by atoms with Crippen LogP contribution in [0.4, 0.5) is 4.79 Å². The molecule has 3 nitrogen and oxygen atoms in total. The molecule has 1 saturated heterocycles. The minimum atomic E-state index is -0.00463. The molecule has 0 aromatic carbocycles. The fourth-order valence-corrected chi connectivity index (χ4v) is 1.25. The molecule has 1 heterocycles. The van der Waals surface area contributed by atoms with Gasteiger partial charge in [-0.05, 0) is 13.8 Å². The second-order valence-corrected chi connectivity index (χ2v) is 3.06. The third kappa shape index (κ3) is 1.35. The number of hydrogen-bond acceptors (Lipinski definition) is 1. The van der Waals surface area contributed by atoms with Crippen molar-refractivity contribution in [3.05, 3.63) is 24.6 Å². The number of rotatable bonds is 2. The lowest BCUT2D eigenvalue weighted by molar-refractivity contribution is 0.209. The van der Waals surface area contributed by atoms with Gasteiger partial charge in [0.25, 0.3) is 0 Å². The summed E-state index contributed by atoms with van der Waals surface area (Å²) in [6.07, 6.45) is 0. The smallest absolute Gasteiger partial charge is 0.297 e. The Labute approximate surface area is 73.0 Å². The standard InChI is InChI=1S/C9H14N2O/c1-7(2)10-5-6-11(8(3)4)9(10)12/h1,3,5-6H2,2,4H3. The third-order valence-electron chi connectivity index (χ3n) is 1.93. The van der Waals surface area contributed by atoms with Gasteiger partial charge in [0.1, 0.15) is 0 Å². The maximum Gasteiger partial charge on any atom is 0.328 e. The fraction of sp³-hybridized carbons (Fsp3) is 0.444. The second kappa shape index (κ2) is 3.01. The van der Waals surface area contributed by atoms with E-state index in [2.05, 4.69) is 13.2 Å². The maximum atomic E-state index is 11.5. The molecule has 0 unspecified atom stereocenters. The summed E-state index contributed by atoms with van der Waals surface area (Å²) in [6.45, 7) is 12.6. The van der Waals surface area contributed by atoms with Gasteiger partial charge < -0.3 is 0 Å². The molecule has 0 radical (unpaired) electrons. The van der Waals surface area contributed by atoms with Crippen LogP contribution in [0.1, 0.15) is 13.8 Å². The van der Waals surface area contributed by atoms with Crippen LogP contribution in [0.25, 0.3) is 0 Å². The lowest BCUT2D eigenvalue weighted by atomic mass is 10.5. The number of nitrogens with zero attached hydrogens (tertiary/aromatic N) is 2. The Hall–Kier alpha value is -1.25. The van der Waals surface area contributed by atoms with E-state index >= 15 is 0 Å². The van der Waals surface area contributed by atoms with Crippen LogP contribution < -0.4 is 0 Å². The van der Waals surface area contributed by atoms with Crippen LogP contribution in [-0.4, -0.2) is 28.9 Å². The highest BCUT2D eigenvalue weighted by Gasteiger charge is 2.28. The number of hydrogen-bond donors (Lipinski definition) is 0. The van der Waals surface area contributed by atoms with Crippen molar-refractivity contribution in [2.45, 2.75) is 13.8 Å². The molecule has 1 fully saturated rings. The predicted molar refractivity (Wildman–Crippen MR) is 48.4 cm³/mol. The lowest BCUT2D eigenvalue weighted by Crippen LogP contribution is -2.28. The summed E-state index contributed by atoms with van der Waals surface area (Å²) >= 11 is 0. The quantitative estimate of drug-likeness (QED) is 0.613. The van der Waals surface area contributed by atoms with E-state index in [0.29, 0.717) is 0 Å². The molecule has 0 saturated carbocycles. The molecule has 0 spiro atoms. The molecule has 1 aliphatic rings. The summed E-state index contributed by atoms with van der Waals surface area (Å²) in [6, 6.07) is -0.00463. The van der Waals surface area contributed by atoms with Crippen LogP contribution in [0.5, 0.6) is 0 Å². The Balaban J connectivity index is 2.74. The normalized spacial score (nSPS) is 17.0. The number of carbonyl (C=O) groups excluding carboxylic acids is 1. The van der Waals surface area contributed by atoms with Crippen molar-refractivity contribution in [3.63, 3.8) is 0 Å². The van der Waals surface area contributed by atoms with E-state index in [0.717, 1.165) is 24.5 Å². The van der Waals surface area contributed by atoms with Gasteiger partial charge in [0.05, 0.1) is 0 Å². The van der Waals surface area contributed by atoms with Crippen molar-refractivity contribution in [1.82, 2.24) is 9.80 Å². The Morgan fingerprint density at radius 1 is 1.17 bits per heavy atom.